The molecule has 1 unspecified atom stereocenters. The zero-order valence-electron chi connectivity index (χ0n) is 21.7. The number of aryl methyl sites for hydroxylation is 3. The number of amides is 2. The maximum atomic E-state index is 13.8. The Kier molecular flexibility index (Phi) is 9.25. The van der Waals surface area contributed by atoms with Crippen LogP contribution in [0.4, 0.5) is 0 Å². The average Bonchev–Trinajstić information content (AvgIpc) is 2.84. The highest BCUT2D eigenvalue weighted by Gasteiger charge is 2.30. The molecule has 2 amide bonds. The Hall–Kier alpha value is -3.40. The largest absolute Gasteiger partial charge is 0.354 e. The fourth-order valence-electron chi connectivity index (χ4n) is 4.06. The van der Waals surface area contributed by atoms with Crippen molar-refractivity contribution in [1.82, 2.24) is 10.2 Å². The van der Waals surface area contributed by atoms with Crippen molar-refractivity contribution in [3.8, 4) is 0 Å². The van der Waals surface area contributed by atoms with E-state index < -0.39 is 6.04 Å². The number of hydrogen-bond acceptors (Lipinski definition) is 2. The molecule has 4 heteroatoms. The third kappa shape index (κ3) is 7.81. The topological polar surface area (TPSA) is 49.4 Å². The second kappa shape index (κ2) is 12.3. The van der Waals surface area contributed by atoms with Gasteiger partial charge in [-0.1, -0.05) is 92.2 Å². The summed E-state index contributed by atoms with van der Waals surface area (Å²) in [6.45, 7) is 11.3. The van der Waals surface area contributed by atoms with Crippen molar-refractivity contribution < 1.29 is 9.59 Å². The molecule has 0 aromatic heterocycles. The molecule has 3 aromatic carbocycles. The van der Waals surface area contributed by atoms with E-state index in [0.29, 0.717) is 25.4 Å². The van der Waals surface area contributed by atoms with Crippen LogP contribution in [-0.4, -0.2) is 29.3 Å². The summed E-state index contributed by atoms with van der Waals surface area (Å²) >= 11 is 0. The van der Waals surface area contributed by atoms with E-state index in [1.807, 2.05) is 67.6 Å². The summed E-state index contributed by atoms with van der Waals surface area (Å²) in [6.07, 6.45) is 0.727. The van der Waals surface area contributed by atoms with E-state index >= 15 is 0 Å². The van der Waals surface area contributed by atoms with Crippen LogP contribution in [0.25, 0.3) is 0 Å². The molecule has 0 fully saturated rings. The molecule has 184 valence electrons. The third-order valence-corrected chi connectivity index (χ3v) is 6.36. The molecule has 0 aliphatic carbocycles. The summed E-state index contributed by atoms with van der Waals surface area (Å²) in [7, 11) is 0. The number of carbonyl (C=O) groups excluding carboxylic acids is 2. The van der Waals surface area contributed by atoms with Crippen LogP contribution in [-0.2, 0) is 29.0 Å². The van der Waals surface area contributed by atoms with Crippen molar-refractivity contribution in [2.45, 2.75) is 60.0 Å². The van der Waals surface area contributed by atoms with Gasteiger partial charge in [-0.15, -0.1) is 0 Å². The minimum atomic E-state index is -0.600. The molecule has 0 aliphatic rings. The minimum Gasteiger partial charge on any atom is -0.354 e. The first-order chi connectivity index (χ1) is 16.7. The van der Waals surface area contributed by atoms with Gasteiger partial charge >= 0.3 is 0 Å². The Balaban J connectivity index is 1.95. The third-order valence-electron chi connectivity index (χ3n) is 6.36. The first kappa shape index (κ1) is 26.2. The van der Waals surface area contributed by atoms with Gasteiger partial charge in [-0.2, -0.15) is 0 Å². The van der Waals surface area contributed by atoms with Crippen molar-refractivity contribution in [2.24, 2.45) is 5.92 Å². The van der Waals surface area contributed by atoms with Crippen LogP contribution in [0.1, 0.15) is 47.2 Å². The minimum absolute atomic E-state index is 0.0468. The Bertz CT molecular complexity index is 1120. The number of nitrogens with zero attached hydrogens (tertiary/aromatic N) is 1. The zero-order valence-corrected chi connectivity index (χ0v) is 21.7. The van der Waals surface area contributed by atoms with Gasteiger partial charge in [0.2, 0.25) is 11.8 Å². The van der Waals surface area contributed by atoms with Gasteiger partial charge in [-0.3, -0.25) is 9.59 Å². The number of rotatable bonds is 10. The highest BCUT2D eigenvalue weighted by molar-refractivity contribution is 5.88. The fourth-order valence-corrected chi connectivity index (χ4v) is 4.06. The molecule has 1 atom stereocenters. The molecule has 4 nitrogen and oxygen atoms in total. The van der Waals surface area contributed by atoms with Crippen LogP contribution < -0.4 is 5.32 Å². The van der Waals surface area contributed by atoms with E-state index in [0.717, 1.165) is 27.8 Å². The van der Waals surface area contributed by atoms with Gasteiger partial charge in [0.25, 0.3) is 0 Å². The van der Waals surface area contributed by atoms with Crippen LogP contribution >= 0.6 is 0 Å². The normalized spacial score (nSPS) is 11.8. The van der Waals surface area contributed by atoms with Crippen molar-refractivity contribution in [2.75, 3.05) is 6.54 Å². The predicted molar refractivity (Wildman–Crippen MR) is 143 cm³/mol. The molecule has 1 N–H and O–H groups in total. The second-order valence-corrected chi connectivity index (χ2v) is 9.95. The summed E-state index contributed by atoms with van der Waals surface area (Å²) in [6, 6.07) is 23.6. The SMILES string of the molecule is Cc1ccc(CN(C(=O)Cc2ccc(C)c(C)c2)C(Cc2ccccc2)C(=O)NCC(C)C)cc1. The molecular weight excluding hydrogens is 432 g/mol. The van der Waals surface area contributed by atoms with E-state index in [2.05, 4.69) is 45.1 Å². The van der Waals surface area contributed by atoms with Crippen LogP contribution in [0.2, 0.25) is 0 Å². The van der Waals surface area contributed by atoms with Crippen molar-refractivity contribution >= 4 is 11.8 Å². The maximum Gasteiger partial charge on any atom is 0.243 e. The average molecular weight is 471 g/mol. The Morgan fingerprint density at radius 2 is 1.46 bits per heavy atom. The van der Waals surface area contributed by atoms with E-state index in [4.69, 9.17) is 0 Å². The second-order valence-electron chi connectivity index (χ2n) is 9.95. The molecule has 0 saturated heterocycles. The van der Waals surface area contributed by atoms with Gasteiger partial charge in [0.1, 0.15) is 6.04 Å². The Labute approximate surface area is 210 Å². The van der Waals surface area contributed by atoms with Gasteiger partial charge < -0.3 is 10.2 Å². The van der Waals surface area contributed by atoms with Gasteiger partial charge in [-0.25, -0.2) is 0 Å². The van der Waals surface area contributed by atoms with Crippen LogP contribution in [0, 0.1) is 26.7 Å². The molecule has 3 rings (SSSR count). The monoisotopic (exact) mass is 470 g/mol. The molecular formula is C31H38N2O2. The first-order valence-electron chi connectivity index (χ1n) is 12.5. The molecule has 3 aromatic rings. The van der Waals surface area contributed by atoms with Gasteiger partial charge in [0.05, 0.1) is 6.42 Å². The smallest absolute Gasteiger partial charge is 0.243 e. The lowest BCUT2D eigenvalue weighted by Crippen LogP contribution is -2.51. The first-order valence-corrected chi connectivity index (χ1v) is 12.5. The van der Waals surface area contributed by atoms with Crippen molar-refractivity contribution in [3.05, 3.63) is 106 Å². The number of benzene rings is 3. The lowest BCUT2D eigenvalue weighted by molar-refractivity contribution is -0.140. The molecule has 0 radical (unpaired) electrons. The Morgan fingerprint density at radius 1 is 0.800 bits per heavy atom. The zero-order chi connectivity index (χ0) is 25.4. The van der Waals surface area contributed by atoms with E-state index in [9.17, 15) is 9.59 Å². The summed E-state index contributed by atoms with van der Waals surface area (Å²) in [5, 5.41) is 3.08. The van der Waals surface area contributed by atoms with E-state index in [1.54, 1.807) is 4.90 Å². The quantitative estimate of drug-likeness (QED) is 0.421. The lowest BCUT2D eigenvalue weighted by Gasteiger charge is -2.32. The van der Waals surface area contributed by atoms with E-state index in [1.165, 1.54) is 5.56 Å². The van der Waals surface area contributed by atoms with Crippen LogP contribution in [0.15, 0.2) is 72.8 Å². The molecule has 0 aliphatic heterocycles. The number of carbonyl (C=O) groups is 2. The van der Waals surface area contributed by atoms with Gasteiger partial charge in [0.15, 0.2) is 0 Å². The van der Waals surface area contributed by atoms with Crippen LogP contribution in [0.5, 0.6) is 0 Å². The molecule has 35 heavy (non-hydrogen) atoms. The van der Waals surface area contributed by atoms with Crippen molar-refractivity contribution in [1.29, 1.82) is 0 Å². The maximum absolute atomic E-state index is 13.8. The predicted octanol–water partition coefficient (Wildman–Crippen LogP) is 5.57. The van der Waals surface area contributed by atoms with Crippen molar-refractivity contribution in [3.63, 3.8) is 0 Å². The summed E-state index contributed by atoms with van der Waals surface area (Å²) < 4.78 is 0. The highest BCUT2D eigenvalue weighted by atomic mass is 16.2. The highest BCUT2D eigenvalue weighted by Crippen LogP contribution is 2.18. The standard InChI is InChI=1S/C31H38N2O2/c1-22(2)20-32-31(35)29(18-26-9-7-6-8-10-26)33(21-27-14-11-23(3)12-15-27)30(34)19-28-16-13-24(4)25(5)17-28/h6-17,22,29H,18-21H2,1-5H3,(H,32,35). The molecule has 0 spiro atoms. The molecule has 0 heterocycles. The molecule has 0 saturated carbocycles. The molecule has 0 bridgehead atoms. The summed E-state index contributed by atoms with van der Waals surface area (Å²) in [4.78, 5) is 29.1. The number of nitrogens with one attached hydrogen (secondary N) is 1. The number of hydrogen-bond donors (Lipinski definition) is 1. The van der Waals surface area contributed by atoms with Gasteiger partial charge in [0, 0.05) is 19.5 Å². The van der Waals surface area contributed by atoms with Crippen LogP contribution in [0.3, 0.4) is 0 Å². The Morgan fingerprint density at radius 3 is 2.09 bits per heavy atom. The van der Waals surface area contributed by atoms with E-state index in [-0.39, 0.29) is 18.2 Å². The summed E-state index contributed by atoms with van der Waals surface area (Å²) in [5.41, 5.74) is 6.54. The fraction of sp³-hybridized carbons (Fsp3) is 0.355. The summed E-state index contributed by atoms with van der Waals surface area (Å²) in [5.74, 6) is 0.172. The lowest BCUT2D eigenvalue weighted by atomic mass is 10.00. The van der Waals surface area contributed by atoms with Gasteiger partial charge in [-0.05, 0) is 54.5 Å².